The van der Waals surface area contributed by atoms with Gasteiger partial charge in [-0.1, -0.05) is 19.1 Å². The summed E-state index contributed by atoms with van der Waals surface area (Å²) < 4.78 is 1.89. The van der Waals surface area contributed by atoms with Crippen molar-refractivity contribution < 1.29 is 14.7 Å². The fourth-order valence-corrected chi connectivity index (χ4v) is 2.32. The lowest BCUT2D eigenvalue weighted by atomic mass is 10.1. The van der Waals surface area contributed by atoms with Gasteiger partial charge < -0.3 is 19.9 Å². The smallest absolute Gasteiger partial charge is 0.317 e. The van der Waals surface area contributed by atoms with Crippen LogP contribution >= 0.6 is 0 Å². The van der Waals surface area contributed by atoms with Crippen LogP contribution in [0.1, 0.15) is 25.5 Å². The predicted molar refractivity (Wildman–Crippen MR) is 89.9 cm³/mol. The van der Waals surface area contributed by atoms with Crippen LogP contribution in [-0.2, 0) is 4.79 Å². The number of urea groups is 1. The van der Waals surface area contributed by atoms with Crippen molar-refractivity contribution in [2.75, 3.05) is 13.6 Å². The lowest BCUT2D eigenvalue weighted by Crippen LogP contribution is -2.41. The van der Waals surface area contributed by atoms with Gasteiger partial charge in [0.15, 0.2) is 0 Å². The van der Waals surface area contributed by atoms with Gasteiger partial charge in [0.1, 0.15) is 0 Å². The third kappa shape index (κ3) is 4.34. The Morgan fingerprint density at radius 1 is 1.38 bits per heavy atom. The number of aromatic nitrogens is 2. The van der Waals surface area contributed by atoms with E-state index in [-0.39, 0.29) is 18.6 Å². The number of carbonyl (C=O) groups excluding carboxylic acids is 1. The molecule has 1 heterocycles. The topological polar surface area (TPSA) is 87.5 Å². The Labute approximate surface area is 140 Å². The number of nitrogens with zero attached hydrogens (tertiary/aromatic N) is 3. The first-order valence-corrected chi connectivity index (χ1v) is 7.71. The molecule has 2 aromatic rings. The number of carbonyl (C=O) groups is 2. The standard InChI is InChI=1S/C17H22N4O3/c1-12(16(22)23)10-20(3)17(24)19-13(2)14-5-4-6-15(9-14)21-8-7-18-11-21/h4-9,11-13H,10H2,1-3H3,(H,19,24)(H,22,23). The summed E-state index contributed by atoms with van der Waals surface area (Å²) in [6.07, 6.45) is 5.27. The lowest BCUT2D eigenvalue weighted by molar-refractivity contribution is -0.141. The predicted octanol–water partition coefficient (Wildman–Crippen LogP) is 2.30. The quantitative estimate of drug-likeness (QED) is 0.851. The van der Waals surface area contributed by atoms with Crippen LogP contribution in [0.15, 0.2) is 43.0 Å². The number of carboxylic acid groups (broad SMARTS) is 1. The van der Waals surface area contributed by atoms with Gasteiger partial charge in [0.25, 0.3) is 0 Å². The molecule has 1 aromatic heterocycles. The monoisotopic (exact) mass is 330 g/mol. The number of aliphatic carboxylic acids is 1. The van der Waals surface area contributed by atoms with E-state index in [0.29, 0.717) is 0 Å². The highest BCUT2D eigenvalue weighted by atomic mass is 16.4. The zero-order chi connectivity index (χ0) is 17.7. The molecule has 2 unspecified atom stereocenters. The molecule has 128 valence electrons. The summed E-state index contributed by atoms with van der Waals surface area (Å²) in [5, 5.41) is 11.8. The maximum Gasteiger partial charge on any atom is 0.317 e. The van der Waals surface area contributed by atoms with Crippen molar-refractivity contribution in [3.05, 3.63) is 48.5 Å². The first-order chi connectivity index (χ1) is 11.4. The van der Waals surface area contributed by atoms with Gasteiger partial charge in [0, 0.05) is 31.7 Å². The Hall–Kier alpha value is -2.83. The molecule has 0 fully saturated rings. The second-order valence-corrected chi connectivity index (χ2v) is 5.86. The summed E-state index contributed by atoms with van der Waals surface area (Å²) in [6, 6.07) is 7.29. The molecule has 2 N–H and O–H groups in total. The lowest BCUT2D eigenvalue weighted by Gasteiger charge is -2.23. The van der Waals surface area contributed by atoms with E-state index in [4.69, 9.17) is 5.11 Å². The third-order valence-corrected chi connectivity index (χ3v) is 3.83. The molecule has 0 bridgehead atoms. The molecule has 0 aliphatic heterocycles. The minimum atomic E-state index is -0.921. The van der Waals surface area contributed by atoms with Crippen molar-refractivity contribution >= 4 is 12.0 Å². The van der Waals surface area contributed by atoms with Crippen LogP contribution in [0.5, 0.6) is 0 Å². The molecule has 7 heteroatoms. The Morgan fingerprint density at radius 3 is 2.75 bits per heavy atom. The summed E-state index contributed by atoms with van der Waals surface area (Å²) in [7, 11) is 1.59. The first-order valence-electron chi connectivity index (χ1n) is 7.71. The van der Waals surface area contributed by atoms with Gasteiger partial charge in [0.05, 0.1) is 18.3 Å². The molecule has 0 aliphatic rings. The van der Waals surface area contributed by atoms with E-state index in [2.05, 4.69) is 10.3 Å². The van der Waals surface area contributed by atoms with Crippen LogP contribution in [0, 0.1) is 5.92 Å². The highest BCUT2D eigenvalue weighted by molar-refractivity contribution is 5.76. The van der Waals surface area contributed by atoms with Crippen LogP contribution in [0.4, 0.5) is 4.79 Å². The number of rotatable bonds is 6. The highest BCUT2D eigenvalue weighted by Gasteiger charge is 2.19. The Kier molecular flexibility index (Phi) is 5.57. The van der Waals surface area contributed by atoms with Crippen molar-refractivity contribution in [2.45, 2.75) is 19.9 Å². The summed E-state index contributed by atoms with van der Waals surface area (Å²) in [5.74, 6) is -1.53. The zero-order valence-electron chi connectivity index (χ0n) is 14.0. The number of hydrogen-bond acceptors (Lipinski definition) is 3. The average molecular weight is 330 g/mol. The molecular formula is C17H22N4O3. The number of carboxylic acids is 1. The van der Waals surface area contributed by atoms with Gasteiger partial charge in [-0.3, -0.25) is 4.79 Å². The number of amides is 2. The number of imidazole rings is 1. The number of benzene rings is 1. The summed E-state index contributed by atoms with van der Waals surface area (Å²) in [4.78, 5) is 28.5. The molecular weight excluding hydrogens is 308 g/mol. The second-order valence-electron chi connectivity index (χ2n) is 5.86. The average Bonchev–Trinajstić information content (AvgIpc) is 3.09. The van der Waals surface area contributed by atoms with Gasteiger partial charge in [-0.05, 0) is 24.6 Å². The molecule has 0 radical (unpaired) electrons. The maximum atomic E-state index is 12.2. The van der Waals surface area contributed by atoms with Crippen LogP contribution in [0.2, 0.25) is 0 Å². The van der Waals surface area contributed by atoms with Crippen LogP contribution in [0.3, 0.4) is 0 Å². The molecule has 0 saturated carbocycles. The summed E-state index contributed by atoms with van der Waals surface area (Å²) >= 11 is 0. The van der Waals surface area contributed by atoms with Gasteiger partial charge in [-0.2, -0.15) is 0 Å². The summed E-state index contributed by atoms with van der Waals surface area (Å²) in [6.45, 7) is 3.62. The minimum Gasteiger partial charge on any atom is -0.481 e. The Morgan fingerprint density at radius 2 is 2.12 bits per heavy atom. The fourth-order valence-electron chi connectivity index (χ4n) is 2.32. The largest absolute Gasteiger partial charge is 0.481 e. The Bertz CT molecular complexity index is 700. The normalized spacial score (nSPS) is 13.1. The highest BCUT2D eigenvalue weighted by Crippen LogP contribution is 2.17. The van der Waals surface area contributed by atoms with Gasteiger partial charge in [-0.25, -0.2) is 9.78 Å². The molecule has 2 amide bonds. The van der Waals surface area contributed by atoms with Crippen molar-refractivity contribution in [3.8, 4) is 5.69 Å². The van der Waals surface area contributed by atoms with Crippen LogP contribution in [0.25, 0.3) is 5.69 Å². The van der Waals surface area contributed by atoms with Gasteiger partial charge in [-0.15, -0.1) is 0 Å². The number of nitrogens with one attached hydrogen (secondary N) is 1. The minimum absolute atomic E-state index is 0.156. The van der Waals surface area contributed by atoms with E-state index in [9.17, 15) is 9.59 Å². The molecule has 2 atom stereocenters. The van der Waals surface area contributed by atoms with Crippen molar-refractivity contribution in [3.63, 3.8) is 0 Å². The van der Waals surface area contributed by atoms with E-state index in [1.165, 1.54) is 4.90 Å². The van der Waals surface area contributed by atoms with E-state index >= 15 is 0 Å². The van der Waals surface area contributed by atoms with E-state index in [1.54, 1.807) is 26.5 Å². The maximum absolute atomic E-state index is 12.2. The second kappa shape index (κ2) is 7.63. The molecule has 7 nitrogen and oxygen atoms in total. The summed E-state index contributed by atoms with van der Waals surface area (Å²) in [5.41, 5.74) is 1.91. The molecule has 0 aliphatic carbocycles. The van der Waals surface area contributed by atoms with Crippen LogP contribution in [-0.4, -0.2) is 45.2 Å². The van der Waals surface area contributed by atoms with Crippen molar-refractivity contribution in [1.82, 2.24) is 19.8 Å². The number of hydrogen-bond donors (Lipinski definition) is 2. The van der Waals surface area contributed by atoms with E-state index < -0.39 is 11.9 Å². The van der Waals surface area contributed by atoms with Crippen molar-refractivity contribution in [1.29, 1.82) is 0 Å². The third-order valence-electron chi connectivity index (χ3n) is 3.83. The molecule has 1 aromatic carbocycles. The van der Waals surface area contributed by atoms with Gasteiger partial charge in [0.2, 0.25) is 0 Å². The Balaban J connectivity index is 2.01. The molecule has 0 saturated heterocycles. The molecule has 2 rings (SSSR count). The van der Waals surface area contributed by atoms with Crippen molar-refractivity contribution in [2.24, 2.45) is 5.92 Å². The molecule has 0 spiro atoms. The van der Waals surface area contributed by atoms with Crippen LogP contribution < -0.4 is 5.32 Å². The van der Waals surface area contributed by atoms with Gasteiger partial charge >= 0.3 is 12.0 Å². The fraction of sp³-hybridized carbons (Fsp3) is 0.353. The van der Waals surface area contributed by atoms with E-state index in [0.717, 1.165) is 11.3 Å². The van der Waals surface area contributed by atoms with E-state index in [1.807, 2.05) is 42.0 Å². The molecule has 24 heavy (non-hydrogen) atoms. The zero-order valence-corrected chi connectivity index (χ0v) is 14.0. The SMILES string of the molecule is CC(CN(C)C(=O)NC(C)c1cccc(-n2ccnc2)c1)C(=O)O. The first kappa shape index (κ1) is 17.5.